The minimum Gasteiger partial charge on any atom is -0.512 e. The highest BCUT2D eigenvalue weighted by Crippen LogP contribution is 2.25. The number of carbonyl (C=O) groups is 1. The molecule has 1 rings (SSSR count). The largest absolute Gasteiger partial charge is 0.512 e. The van der Waals surface area contributed by atoms with E-state index < -0.39 is 5.97 Å². The SMILES string of the molecule is CCOC(=O)/C(C(=NC)SCc1ccccc1Cl)=C(\C)O. The Morgan fingerprint density at radius 3 is 2.62 bits per heavy atom. The molecule has 0 saturated heterocycles. The Hall–Kier alpha value is -1.46. The molecule has 114 valence electrons. The molecule has 0 saturated carbocycles. The topological polar surface area (TPSA) is 58.9 Å². The molecule has 4 nitrogen and oxygen atoms in total. The molecule has 0 radical (unpaired) electrons. The van der Waals surface area contributed by atoms with Gasteiger partial charge in [0.05, 0.1) is 6.61 Å². The Morgan fingerprint density at radius 1 is 1.43 bits per heavy atom. The maximum Gasteiger partial charge on any atom is 0.344 e. The molecule has 0 atom stereocenters. The van der Waals surface area contributed by atoms with Gasteiger partial charge >= 0.3 is 5.97 Å². The van der Waals surface area contributed by atoms with Gasteiger partial charge in [0.25, 0.3) is 0 Å². The number of nitrogens with zero attached hydrogens (tertiary/aromatic N) is 1. The number of rotatable bonds is 5. The number of ether oxygens (including phenoxy) is 1. The Kier molecular flexibility index (Phi) is 7.32. The lowest BCUT2D eigenvalue weighted by Crippen LogP contribution is -2.16. The summed E-state index contributed by atoms with van der Waals surface area (Å²) in [6.07, 6.45) is 0. The van der Waals surface area contributed by atoms with E-state index in [0.29, 0.717) is 15.8 Å². The van der Waals surface area contributed by atoms with E-state index in [0.717, 1.165) is 5.56 Å². The average molecular weight is 328 g/mol. The lowest BCUT2D eigenvalue weighted by molar-refractivity contribution is -0.138. The molecule has 0 unspecified atom stereocenters. The maximum atomic E-state index is 11.9. The van der Waals surface area contributed by atoms with Gasteiger partial charge in [-0.1, -0.05) is 29.8 Å². The summed E-state index contributed by atoms with van der Waals surface area (Å²) < 4.78 is 4.95. The van der Waals surface area contributed by atoms with Crippen LogP contribution >= 0.6 is 23.4 Å². The third-order valence-electron chi connectivity index (χ3n) is 2.58. The summed E-state index contributed by atoms with van der Waals surface area (Å²) >= 11 is 7.43. The molecular weight excluding hydrogens is 310 g/mol. The van der Waals surface area contributed by atoms with Gasteiger partial charge in [-0.15, -0.1) is 11.8 Å². The van der Waals surface area contributed by atoms with E-state index in [1.54, 1.807) is 20.0 Å². The first kappa shape index (κ1) is 17.6. The number of aliphatic hydroxyl groups is 1. The molecule has 0 aliphatic carbocycles. The first-order valence-electron chi connectivity index (χ1n) is 6.41. The normalized spacial score (nSPS) is 12.9. The number of hydrogen-bond acceptors (Lipinski definition) is 5. The maximum absolute atomic E-state index is 11.9. The molecule has 1 aromatic rings. The Labute approximate surface area is 133 Å². The van der Waals surface area contributed by atoms with Crippen LogP contribution in [0.25, 0.3) is 0 Å². The minimum absolute atomic E-state index is 0.0939. The average Bonchev–Trinajstić information content (AvgIpc) is 2.44. The van der Waals surface area contributed by atoms with Crippen LogP contribution in [-0.4, -0.2) is 29.8 Å². The van der Waals surface area contributed by atoms with Crippen molar-refractivity contribution in [1.82, 2.24) is 0 Å². The molecule has 1 N–H and O–H groups in total. The molecule has 0 aromatic heterocycles. The Morgan fingerprint density at radius 2 is 2.10 bits per heavy atom. The molecule has 0 heterocycles. The molecule has 0 aliphatic rings. The van der Waals surface area contributed by atoms with Crippen molar-refractivity contribution < 1.29 is 14.6 Å². The van der Waals surface area contributed by atoms with Gasteiger partial charge in [0.15, 0.2) is 0 Å². The van der Waals surface area contributed by atoms with E-state index in [4.69, 9.17) is 16.3 Å². The smallest absolute Gasteiger partial charge is 0.344 e. The lowest BCUT2D eigenvalue weighted by Gasteiger charge is -2.11. The van der Waals surface area contributed by atoms with Crippen molar-refractivity contribution in [3.63, 3.8) is 0 Å². The second kappa shape index (κ2) is 8.74. The van der Waals surface area contributed by atoms with Crippen molar-refractivity contribution >= 4 is 34.4 Å². The summed E-state index contributed by atoms with van der Waals surface area (Å²) in [5.41, 5.74) is 1.03. The Balaban J connectivity index is 2.90. The van der Waals surface area contributed by atoms with Crippen molar-refractivity contribution in [1.29, 1.82) is 0 Å². The van der Waals surface area contributed by atoms with Crippen LogP contribution in [0.2, 0.25) is 5.02 Å². The van der Waals surface area contributed by atoms with Gasteiger partial charge in [-0.25, -0.2) is 4.79 Å². The second-order valence-electron chi connectivity index (χ2n) is 4.09. The molecule has 1 aromatic carbocycles. The van der Waals surface area contributed by atoms with Crippen LogP contribution in [0, 0.1) is 0 Å². The summed E-state index contributed by atoms with van der Waals surface area (Å²) in [6, 6.07) is 7.46. The summed E-state index contributed by atoms with van der Waals surface area (Å²) in [5, 5.41) is 10.8. The van der Waals surface area contributed by atoms with Gasteiger partial charge in [0.1, 0.15) is 16.4 Å². The predicted octanol–water partition coefficient (Wildman–Crippen LogP) is 4.00. The molecule has 6 heteroatoms. The molecule has 0 amide bonds. The van der Waals surface area contributed by atoms with Crippen LogP contribution in [-0.2, 0) is 15.3 Å². The predicted molar refractivity (Wildman–Crippen MR) is 88.1 cm³/mol. The van der Waals surface area contributed by atoms with E-state index in [1.807, 2.05) is 18.2 Å². The lowest BCUT2D eigenvalue weighted by atomic mass is 10.2. The van der Waals surface area contributed by atoms with Gasteiger partial charge in [0.2, 0.25) is 0 Å². The number of aliphatic hydroxyl groups excluding tert-OH is 1. The van der Waals surface area contributed by atoms with Crippen LogP contribution in [0.1, 0.15) is 19.4 Å². The standard InChI is InChI=1S/C15H18ClNO3S/c1-4-20-15(19)13(10(2)18)14(17-3)21-9-11-7-5-6-8-12(11)16/h5-8,18H,4,9H2,1-3H3/b13-10+,17-14?. The zero-order valence-electron chi connectivity index (χ0n) is 12.2. The molecule has 0 bridgehead atoms. The molecule has 21 heavy (non-hydrogen) atoms. The first-order chi connectivity index (χ1) is 10.0. The summed E-state index contributed by atoms with van der Waals surface area (Å²) in [4.78, 5) is 16.0. The van der Waals surface area contributed by atoms with E-state index in [1.165, 1.54) is 18.7 Å². The van der Waals surface area contributed by atoms with Crippen LogP contribution in [0.5, 0.6) is 0 Å². The summed E-state index contributed by atoms with van der Waals surface area (Å²) in [6.45, 7) is 3.39. The monoisotopic (exact) mass is 327 g/mol. The van der Waals surface area contributed by atoms with Crippen LogP contribution < -0.4 is 0 Å². The van der Waals surface area contributed by atoms with E-state index in [9.17, 15) is 9.90 Å². The number of carbonyl (C=O) groups excluding carboxylic acids is 1. The van der Waals surface area contributed by atoms with Crippen molar-refractivity contribution in [2.75, 3.05) is 13.7 Å². The third-order valence-corrected chi connectivity index (χ3v) is 4.06. The molecule has 0 spiro atoms. The Bertz CT molecular complexity index is 566. The number of esters is 1. The zero-order valence-corrected chi connectivity index (χ0v) is 13.8. The third kappa shape index (κ3) is 5.10. The van der Waals surface area contributed by atoms with E-state index in [-0.39, 0.29) is 17.9 Å². The number of thioether (sulfide) groups is 1. The second-order valence-corrected chi connectivity index (χ2v) is 5.46. The van der Waals surface area contributed by atoms with Gasteiger partial charge in [-0.2, -0.15) is 0 Å². The number of halogens is 1. The zero-order chi connectivity index (χ0) is 15.8. The summed E-state index contributed by atoms with van der Waals surface area (Å²) in [7, 11) is 1.57. The van der Waals surface area contributed by atoms with Gasteiger partial charge < -0.3 is 9.84 Å². The number of aliphatic imine (C=N–C) groups is 1. The van der Waals surface area contributed by atoms with Crippen LogP contribution in [0.4, 0.5) is 0 Å². The van der Waals surface area contributed by atoms with Crippen molar-refractivity contribution in [2.24, 2.45) is 4.99 Å². The number of benzene rings is 1. The van der Waals surface area contributed by atoms with E-state index >= 15 is 0 Å². The van der Waals surface area contributed by atoms with Gasteiger partial charge in [0, 0.05) is 17.8 Å². The number of hydrogen-bond donors (Lipinski definition) is 1. The van der Waals surface area contributed by atoms with Gasteiger partial charge in [-0.3, -0.25) is 4.99 Å². The minimum atomic E-state index is -0.579. The highest BCUT2D eigenvalue weighted by molar-refractivity contribution is 8.13. The van der Waals surface area contributed by atoms with Crippen LogP contribution in [0.3, 0.4) is 0 Å². The first-order valence-corrected chi connectivity index (χ1v) is 7.77. The summed E-state index contributed by atoms with van der Waals surface area (Å²) in [5.74, 6) is -0.145. The van der Waals surface area contributed by atoms with Crippen LogP contribution in [0.15, 0.2) is 40.6 Å². The fourth-order valence-corrected chi connectivity index (χ4v) is 2.93. The van der Waals surface area contributed by atoms with Gasteiger partial charge in [-0.05, 0) is 25.5 Å². The van der Waals surface area contributed by atoms with E-state index in [2.05, 4.69) is 4.99 Å². The van der Waals surface area contributed by atoms with Crippen molar-refractivity contribution in [2.45, 2.75) is 19.6 Å². The molecular formula is C15H18ClNO3S. The quantitative estimate of drug-likeness (QED) is 0.292. The number of allylic oxidation sites excluding steroid dienone is 1. The van der Waals surface area contributed by atoms with Crippen molar-refractivity contribution in [3.05, 3.63) is 46.2 Å². The fraction of sp³-hybridized carbons (Fsp3) is 0.333. The fourth-order valence-electron chi connectivity index (χ4n) is 1.60. The molecule has 0 aliphatic heterocycles. The highest BCUT2D eigenvalue weighted by atomic mass is 35.5. The molecule has 0 fully saturated rings. The highest BCUT2D eigenvalue weighted by Gasteiger charge is 2.21. The van der Waals surface area contributed by atoms with Crippen molar-refractivity contribution in [3.8, 4) is 0 Å².